The van der Waals surface area contributed by atoms with Crippen LogP contribution in [-0.2, 0) is 0 Å². The zero-order chi connectivity index (χ0) is 12.3. The molecule has 1 aromatic rings. The van der Waals surface area contributed by atoms with E-state index in [4.69, 9.17) is 4.74 Å². The first kappa shape index (κ1) is 13.0. The van der Waals surface area contributed by atoms with E-state index >= 15 is 0 Å². The third-order valence-corrected chi connectivity index (χ3v) is 3.24. The van der Waals surface area contributed by atoms with Crippen LogP contribution < -0.4 is 10.1 Å². The van der Waals surface area contributed by atoms with Crippen LogP contribution in [0.25, 0.3) is 0 Å². The van der Waals surface area contributed by atoms with Gasteiger partial charge in [0.25, 0.3) is 0 Å². The molecule has 90 valence electrons. The van der Waals surface area contributed by atoms with Crippen LogP contribution in [0.4, 0.5) is 0 Å². The van der Waals surface area contributed by atoms with Crippen molar-refractivity contribution in [3.05, 3.63) is 28.8 Å². The maximum absolute atomic E-state index is 6.00. The average molecular weight is 221 g/mol. The molecule has 1 rings (SSSR count). The Morgan fingerprint density at radius 2 is 1.75 bits per heavy atom. The quantitative estimate of drug-likeness (QED) is 0.844. The Morgan fingerprint density at radius 1 is 1.12 bits per heavy atom. The summed E-state index contributed by atoms with van der Waals surface area (Å²) in [4.78, 5) is 0. The minimum absolute atomic E-state index is 0.171. The molecular formula is C14H23NO. The maximum Gasteiger partial charge on any atom is 0.123 e. The van der Waals surface area contributed by atoms with Crippen LogP contribution in [0.2, 0.25) is 0 Å². The molecule has 0 aromatic heterocycles. The predicted molar refractivity (Wildman–Crippen MR) is 69.3 cm³/mol. The lowest BCUT2D eigenvalue weighted by Crippen LogP contribution is -2.36. The number of ether oxygens (including phenoxy) is 1. The van der Waals surface area contributed by atoms with Gasteiger partial charge in [0.15, 0.2) is 0 Å². The summed E-state index contributed by atoms with van der Waals surface area (Å²) in [6, 6.07) is 4.65. The second-order valence-electron chi connectivity index (χ2n) is 4.61. The zero-order valence-electron chi connectivity index (χ0n) is 11.2. The Kier molecular flexibility index (Phi) is 4.36. The van der Waals surface area contributed by atoms with E-state index in [1.165, 1.54) is 16.7 Å². The van der Waals surface area contributed by atoms with Gasteiger partial charge in [0, 0.05) is 6.04 Å². The maximum atomic E-state index is 6.00. The lowest BCUT2D eigenvalue weighted by Gasteiger charge is -2.23. The molecule has 2 atom stereocenters. The Bertz CT molecular complexity index is 360. The summed E-state index contributed by atoms with van der Waals surface area (Å²) in [6.07, 6.45) is 0.171. The molecule has 2 unspecified atom stereocenters. The largest absolute Gasteiger partial charge is 0.489 e. The van der Waals surface area contributed by atoms with Crippen LogP contribution in [0.5, 0.6) is 5.75 Å². The Balaban J connectivity index is 2.88. The highest BCUT2D eigenvalue weighted by Crippen LogP contribution is 2.24. The van der Waals surface area contributed by atoms with E-state index in [0.29, 0.717) is 6.04 Å². The summed E-state index contributed by atoms with van der Waals surface area (Å²) in [5.74, 6) is 1.01. The fraction of sp³-hybridized carbons (Fsp3) is 0.571. The third-order valence-electron chi connectivity index (χ3n) is 3.24. The molecule has 1 N–H and O–H groups in total. The van der Waals surface area contributed by atoms with Crippen LogP contribution in [0.1, 0.15) is 30.5 Å². The van der Waals surface area contributed by atoms with Gasteiger partial charge in [-0.3, -0.25) is 0 Å². The second-order valence-corrected chi connectivity index (χ2v) is 4.61. The topological polar surface area (TPSA) is 21.3 Å². The normalized spacial score (nSPS) is 14.6. The number of likely N-dealkylation sites (N-methyl/N-ethyl adjacent to an activating group) is 1. The molecular weight excluding hydrogens is 198 g/mol. The molecule has 0 radical (unpaired) electrons. The highest BCUT2D eigenvalue weighted by atomic mass is 16.5. The van der Waals surface area contributed by atoms with Crippen molar-refractivity contribution in [1.29, 1.82) is 0 Å². The van der Waals surface area contributed by atoms with Gasteiger partial charge in [0.1, 0.15) is 11.9 Å². The number of nitrogens with one attached hydrogen (secondary N) is 1. The van der Waals surface area contributed by atoms with Crippen molar-refractivity contribution in [2.75, 3.05) is 7.05 Å². The van der Waals surface area contributed by atoms with Gasteiger partial charge < -0.3 is 10.1 Å². The summed E-state index contributed by atoms with van der Waals surface area (Å²) in [7, 11) is 1.96. The lowest BCUT2D eigenvalue weighted by atomic mass is 10.1. The molecule has 0 amide bonds. The standard InChI is InChI=1S/C14H23NO/c1-9-7-10(2)11(3)14(8-9)16-13(5)12(4)15-6/h7-8,12-13,15H,1-6H3. The van der Waals surface area contributed by atoms with E-state index in [-0.39, 0.29) is 6.10 Å². The van der Waals surface area contributed by atoms with E-state index in [2.05, 4.69) is 52.1 Å². The number of hydrogen-bond acceptors (Lipinski definition) is 2. The molecule has 0 saturated heterocycles. The Hall–Kier alpha value is -1.02. The van der Waals surface area contributed by atoms with Gasteiger partial charge in [-0.15, -0.1) is 0 Å². The monoisotopic (exact) mass is 221 g/mol. The first-order valence-corrected chi connectivity index (χ1v) is 5.87. The molecule has 2 heteroatoms. The number of hydrogen-bond donors (Lipinski definition) is 1. The summed E-state index contributed by atoms with van der Waals surface area (Å²) in [5.41, 5.74) is 3.78. The molecule has 0 aliphatic heterocycles. The molecule has 16 heavy (non-hydrogen) atoms. The van der Waals surface area contributed by atoms with Crippen molar-refractivity contribution in [3.8, 4) is 5.75 Å². The average Bonchev–Trinajstić information content (AvgIpc) is 2.23. The number of aryl methyl sites for hydroxylation is 2. The number of rotatable bonds is 4. The first-order chi connectivity index (χ1) is 7.45. The summed E-state index contributed by atoms with van der Waals surface area (Å²) in [5, 5.41) is 3.21. The van der Waals surface area contributed by atoms with Gasteiger partial charge in [-0.1, -0.05) is 6.07 Å². The van der Waals surface area contributed by atoms with Crippen molar-refractivity contribution in [2.45, 2.75) is 46.8 Å². The Morgan fingerprint density at radius 3 is 2.31 bits per heavy atom. The van der Waals surface area contributed by atoms with Crippen molar-refractivity contribution >= 4 is 0 Å². The van der Waals surface area contributed by atoms with Crippen molar-refractivity contribution in [2.24, 2.45) is 0 Å². The zero-order valence-corrected chi connectivity index (χ0v) is 11.2. The van der Waals surface area contributed by atoms with Crippen LogP contribution in [0.15, 0.2) is 12.1 Å². The molecule has 0 aliphatic carbocycles. The van der Waals surface area contributed by atoms with Gasteiger partial charge in [-0.2, -0.15) is 0 Å². The third kappa shape index (κ3) is 2.99. The molecule has 0 aliphatic rings. The molecule has 0 spiro atoms. The summed E-state index contributed by atoms with van der Waals surface area (Å²) >= 11 is 0. The molecule has 0 bridgehead atoms. The minimum Gasteiger partial charge on any atom is -0.489 e. The van der Waals surface area contributed by atoms with E-state index in [0.717, 1.165) is 5.75 Å². The Labute approximate surface area is 99.0 Å². The fourth-order valence-electron chi connectivity index (χ4n) is 1.66. The van der Waals surface area contributed by atoms with Crippen molar-refractivity contribution < 1.29 is 4.74 Å². The van der Waals surface area contributed by atoms with Crippen molar-refractivity contribution in [1.82, 2.24) is 5.32 Å². The first-order valence-electron chi connectivity index (χ1n) is 5.87. The van der Waals surface area contributed by atoms with Gasteiger partial charge in [0.05, 0.1) is 0 Å². The highest BCUT2D eigenvalue weighted by molar-refractivity contribution is 5.42. The van der Waals surface area contributed by atoms with Crippen LogP contribution in [0, 0.1) is 20.8 Å². The van der Waals surface area contributed by atoms with Gasteiger partial charge in [0.2, 0.25) is 0 Å². The lowest BCUT2D eigenvalue weighted by molar-refractivity contribution is 0.181. The van der Waals surface area contributed by atoms with Crippen LogP contribution in [0.3, 0.4) is 0 Å². The molecule has 0 fully saturated rings. The number of benzene rings is 1. The van der Waals surface area contributed by atoms with Gasteiger partial charge in [-0.25, -0.2) is 0 Å². The molecule has 0 saturated carbocycles. The predicted octanol–water partition coefficient (Wildman–Crippen LogP) is 2.99. The summed E-state index contributed by atoms with van der Waals surface area (Å²) < 4.78 is 6.00. The van der Waals surface area contributed by atoms with Crippen molar-refractivity contribution in [3.63, 3.8) is 0 Å². The van der Waals surface area contributed by atoms with Crippen LogP contribution >= 0.6 is 0 Å². The second kappa shape index (κ2) is 5.35. The highest BCUT2D eigenvalue weighted by Gasteiger charge is 2.13. The summed E-state index contributed by atoms with van der Waals surface area (Å²) in [6.45, 7) is 10.6. The van der Waals surface area contributed by atoms with Gasteiger partial charge >= 0.3 is 0 Å². The SMILES string of the molecule is CNC(C)C(C)Oc1cc(C)cc(C)c1C. The van der Waals surface area contributed by atoms with E-state index in [9.17, 15) is 0 Å². The van der Waals surface area contributed by atoms with Gasteiger partial charge in [-0.05, 0) is 64.4 Å². The molecule has 1 aromatic carbocycles. The smallest absolute Gasteiger partial charge is 0.123 e. The van der Waals surface area contributed by atoms with E-state index < -0.39 is 0 Å². The van der Waals surface area contributed by atoms with E-state index in [1.807, 2.05) is 7.05 Å². The fourth-order valence-corrected chi connectivity index (χ4v) is 1.66. The molecule has 0 heterocycles. The van der Waals surface area contributed by atoms with Crippen LogP contribution in [-0.4, -0.2) is 19.2 Å². The minimum atomic E-state index is 0.171. The molecule has 2 nitrogen and oxygen atoms in total. The van der Waals surface area contributed by atoms with E-state index in [1.54, 1.807) is 0 Å².